The predicted octanol–water partition coefficient (Wildman–Crippen LogP) is 3.24. The minimum absolute atomic E-state index is 0.515. The van der Waals surface area contributed by atoms with Gasteiger partial charge in [-0.25, -0.2) is 0 Å². The van der Waals surface area contributed by atoms with Crippen LogP contribution in [0.15, 0.2) is 18.2 Å². The standard InChI is InChI=1S/C15H22O2/c1-12-6-7-14(17-2)13(10-12)11-15(16)8-4-3-5-9-15/h6-7,10,16H,3-5,8-9,11H2,1-2H3. The van der Waals surface area contributed by atoms with Crippen molar-refractivity contribution in [2.75, 3.05) is 7.11 Å². The fourth-order valence-electron chi connectivity index (χ4n) is 2.79. The van der Waals surface area contributed by atoms with Crippen LogP contribution in [0.5, 0.6) is 5.75 Å². The highest BCUT2D eigenvalue weighted by molar-refractivity contribution is 5.37. The second kappa shape index (κ2) is 5.09. The molecule has 94 valence electrons. The summed E-state index contributed by atoms with van der Waals surface area (Å²) in [4.78, 5) is 0. The van der Waals surface area contributed by atoms with E-state index in [1.807, 2.05) is 12.1 Å². The topological polar surface area (TPSA) is 29.5 Å². The molecule has 1 aliphatic carbocycles. The summed E-state index contributed by atoms with van der Waals surface area (Å²) in [7, 11) is 1.69. The normalized spacial score (nSPS) is 19.0. The zero-order valence-electron chi connectivity index (χ0n) is 10.8. The number of aryl methyl sites for hydroxylation is 1. The Morgan fingerprint density at radius 2 is 1.94 bits per heavy atom. The lowest BCUT2D eigenvalue weighted by Crippen LogP contribution is -2.33. The summed E-state index contributed by atoms with van der Waals surface area (Å²) >= 11 is 0. The van der Waals surface area contributed by atoms with Gasteiger partial charge in [0.15, 0.2) is 0 Å². The van der Waals surface area contributed by atoms with E-state index < -0.39 is 5.60 Å². The van der Waals surface area contributed by atoms with E-state index in [9.17, 15) is 5.11 Å². The maximum absolute atomic E-state index is 10.6. The third kappa shape index (κ3) is 3.01. The van der Waals surface area contributed by atoms with Crippen LogP contribution in [0, 0.1) is 6.92 Å². The van der Waals surface area contributed by atoms with Gasteiger partial charge in [0.2, 0.25) is 0 Å². The van der Waals surface area contributed by atoms with Crippen molar-refractivity contribution in [3.63, 3.8) is 0 Å². The molecule has 0 amide bonds. The van der Waals surface area contributed by atoms with E-state index in [4.69, 9.17) is 4.74 Å². The molecule has 1 saturated carbocycles. The van der Waals surface area contributed by atoms with E-state index in [-0.39, 0.29) is 0 Å². The SMILES string of the molecule is COc1ccc(C)cc1CC1(O)CCCCC1. The molecular formula is C15H22O2. The van der Waals surface area contributed by atoms with Crippen LogP contribution in [0.25, 0.3) is 0 Å². The number of benzene rings is 1. The molecule has 0 radical (unpaired) electrons. The van der Waals surface area contributed by atoms with Crippen molar-refractivity contribution in [2.24, 2.45) is 0 Å². The fraction of sp³-hybridized carbons (Fsp3) is 0.600. The molecule has 17 heavy (non-hydrogen) atoms. The summed E-state index contributed by atoms with van der Waals surface area (Å²) in [5.74, 6) is 0.898. The van der Waals surface area contributed by atoms with Crippen molar-refractivity contribution in [1.82, 2.24) is 0 Å². The average Bonchev–Trinajstić information content (AvgIpc) is 2.29. The Labute approximate surface area is 104 Å². The number of hydrogen-bond acceptors (Lipinski definition) is 2. The highest BCUT2D eigenvalue weighted by atomic mass is 16.5. The van der Waals surface area contributed by atoms with Crippen molar-refractivity contribution >= 4 is 0 Å². The lowest BCUT2D eigenvalue weighted by molar-refractivity contribution is 0.00404. The quantitative estimate of drug-likeness (QED) is 0.870. The Hall–Kier alpha value is -1.02. The molecule has 0 saturated heterocycles. The number of rotatable bonds is 3. The number of hydrogen-bond donors (Lipinski definition) is 1. The molecule has 0 aliphatic heterocycles. The fourth-order valence-corrected chi connectivity index (χ4v) is 2.79. The van der Waals surface area contributed by atoms with Crippen molar-refractivity contribution in [3.8, 4) is 5.75 Å². The first-order chi connectivity index (χ1) is 8.13. The Morgan fingerprint density at radius 3 is 2.59 bits per heavy atom. The predicted molar refractivity (Wildman–Crippen MR) is 69.5 cm³/mol. The number of ether oxygens (including phenoxy) is 1. The van der Waals surface area contributed by atoms with E-state index in [1.165, 1.54) is 12.0 Å². The molecule has 1 aromatic rings. The minimum atomic E-state index is -0.515. The van der Waals surface area contributed by atoms with Crippen LogP contribution in [0.2, 0.25) is 0 Å². The van der Waals surface area contributed by atoms with Crippen LogP contribution in [0.4, 0.5) is 0 Å². The number of methoxy groups -OCH3 is 1. The molecule has 2 rings (SSSR count). The van der Waals surface area contributed by atoms with E-state index in [1.54, 1.807) is 7.11 Å². The molecule has 2 nitrogen and oxygen atoms in total. The van der Waals surface area contributed by atoms with Crippen molar-refractivity contribution in [2.45, 2.75) is 51.0 Å². The molecule has 1 aromatic carbocycles. The first-order valence-electron chi connectivity index (χ1n) is 6.49. The third-order valence-corrected chi connectivity index (χ3v) is 3.74. The maximum atomic E-state index is 10.6. The van der Waals surface area contributed by atoms with Crippen molar-refractivity contribution in [3.05, 3.63) is 29.3 Å². The molecule has 0 unspecified atom stereocenters. The first kappa shape index (κ1) is 12.4. The van der Waals surface area contributed by atoms with Crippen LogP contribution < -0.4 is 4.74 Å². The molecule has 0 heterocycles. The molecule has 1 aliphatic rings. The Morgan fingerprint density at radius 1 is 1.24 bits per heavy atom. The van der Waals surface area contributed by atoms with Gasteiger partial charge in [0.1, 0.15) is 5.75 Å². The van der Waals surface area contributed by atoms with Crippen molar-refractivity contribution in [1.29, 1.82) is 0 Å². The van der Waals surface area contributed by atoms with Gasteiger partial charge in [0.25, 0.3) is 0 Å². The Kier molecular flexibility index (Phi) is 3.72. The Bertz CT molecular complexity index is 379. The van der Waals surface area contributed by atoms with E-state index in [2.05, 4.69) is 13.0 Å². The van der Waals surface area contributed by atoms with Crippen LogP contribution in [-0.2, 0) is 6.42 Å². The van der Waals surface area contributed by atoms with Gasteiger partial charge < -0.3 is 9.84 Å². The van der Waals surface area contributed by atoms with Gasteiger partial charge in [-0.15, -0.1) is 0 Å². The van der Waals surface area contributed by atoms with Gasteiger partial charge in [-0.05, 0) is 31.4 Å². The van der Waals surface area contributed by atoms with Crippen LogP contribution >= 0.6 is 0 Å². The monoisotopic (exact) mass is 234 g/mol. The van der Waals surface area contributed by atoms with Gasteiger partial charge >= 0.3 is 0 Å². The second-order valence-electron chi connectivity index (χ2n) is 5.28. The number of aliphatic hydroxyl groups is 1. The first-order valence-corrected chi connectivity index (χ1v) is 6.49. The smallest absolute Gasteiger partial charge is 0.122 e. The van der Waals surface area contributed by atoms with E-state index in [0.717, 1.165) is 43.4 Å². The van der Waals surface area contributed by atoms with Gasteiger partial charge in [-0.2, -0.15) is 0 Å². The zero-order valence-corrected chi connectivity index (χ0v) is 10.8. The Balaban J connectivity index is 2.19. The molecule has 0 bridgehead atoms. The summed E-state index contributed by atoms with van der Waals surface area (Å²) in [6.07, 6.45) is 6.11. The van der Waals surface area contributed by atoms with Crippen molar-refractivity contribution < 1.29 is 9.84 Å². The zero-order chi connectivity index (χ0) is 12.3. The van der Waals surface area contributed by atoms with Gasteiger partial charge in [-0.1, -0.05) is 37.0 Å². The van der Waals surface area contributed by atoms with E-state index in [0.29, 0.717) is 0 Å². The summed E-state index contributed by atoms with van der Waals surface area (Å²) in [5, 5.41) is 10.6. The summed E-state index contributed by atoms with van der Waals surface area (Å²) in [6.45, 7) is 2.08. The summed E-state index contributed by atoms with van der Waals surface area (Å²) < 4.78 is 5.38. The largest absolute Gasteiger partial charge is 0.496 e. The van der Waals surface area contributed by atoms with Crippen LogP contribution in [0.1, 0.15) is 43.2 Å². The molecule has 1 fully saturated rings. The molecule has 1 N–H and O–H groups in total. The van der Waals surface area contributed by atoms with Gasteiger partial charge in [0, 0.05) is 6.42 Å². The van der Waals surface area contributed by atoms with Crippen LogP contribution in [-0.4, -0.2) is 17.8 Å². The second-order valence-corrected chi connectivity index (χ2v) is 5.28. The lowest BCUT2D eigenvalue weighted by atomic mass is 9.80. The third-order valence-electron chi connectivity index (χ3n) is 3.74. The molecule has 0 atom stereocenters. The summed E-state index contributed by atoms with van der Waals surface area (Å²) in [5.41, 5.74) is 1.84. The highest BCUT2D eigenvalue weighted by Crippen LogP contribution is 2.33. The average molecular weight is 234 g/mol. The highest BCUT2D eigenvalue weighted by Gasteiger charge is 2.30. The minimum Gasteiger partial charge on any atom is -0.496 e. The van der Waals surface area contributed by atoms with Gasteiger partial charge in [-0.3, -0.25) is 0 Å². The lowest BCUT2D eigenvalue weighted by Gasteiger charge is -2.32. The van der Waals surface area contributed by atoms with E-state index >= 15 is 0 Å². The van der Waals surface area contributed by atoms with Gasteiger partial charge in [0.05, 0.1) is 12.7 Å². The molecule has 0 aromatic heterocycles. The molecular weight excluding hydrogens is 212 g/mol. The van der Waals surface area contributed by atoms with Crippen LogP contribution in [0.3, 0.4) is 0 Å². The molecule has 0 spiro atoms. The summed E-state index contributed by atoms with van der Waals surface area (Å²) in [6, 6.07) is 6.18. The molecule has 2 heteroatoms. The maximum Gasteiger partial charge on any atom is 0.122 e.